The van der Waals surface area contributed by atoms with Gasteiger partial charge < -0.3 is 132 Å². The number of nitrogens with one attached hydrogen (secondary N) is 14. The summed E-state index contributed by atoms with van der Waals surface area (Å²) < 4.78 is 0. The molecule has 3 aromatic carbocycles. The molecule has 0 aliphatic carbocycles. The van der Waals surface area contributed by atoms with Gasteiger partial charge in [-0.25, -0.2) is 0 Å². The van der Waals surface area contributed by atoms with Crippen molar-refractivity contribution >= 4 is 146 Å². The Hall–Kier alpha value is -13.0. The highest BCUT2D eigenvalue weighted by atomic mass is 32.2. The van der Waals surface area contributed by atoms with Gasteiger partial charge in [-0.1, -0.05) is 95.0 Å². The zero-order valence-corrected chi connectivity index (χ0v) is 75.3. The third-order valence-corrected chi connectivity index (χ3v) is 25.3. The number of nitrogens with zero attached hydrogens (tertiary/aromatic N) is 5. The Labute approximate surface area is 761 Å². The fourth-order valence-corrected chi connectivity index (χ4v) is 17.8. The van der Waals surface area contributed by atoms with Gasteiger partial charge in [0.15, 0.2) is 5.96 Å². The fraction of sp³-hybridized carbons (Fsp3) is 0.540. The monoisotopic (exact) mass is 1840 g/mol. The summed E-state index contributed by atoms with van der Waals surface area (Å²) in [4.78, 5) is 260. The second kappa shape index (κ2) is 47.6. The molecule has 3 unspecified atom stereocenters. The van der Waals surface area contributed by atoms with E-state index in [9.17, 15) is 58.2 Å². The minimum absolute atomic E-state index is 0.00616. The molecule has 4 fully saturated rings. The molecular formula is C87H124N24O19S. The van der Waals surface area contributed by atoms with Crippen LogP contribution in [0.5, 0.6) is 0 Å². The zero-order valence-electron chi connectivity index (χ0n) is 74.5. The van der Waals surface area contributed by atoms with E-state index in [0.29, 0.717) is 69.9 Å². The Kier molecular flexibility index (Phi) is 36.9. The second-order valence-electron chi connectivity index (χ2n) is 33.8. The van der Waals surface area contributed by atoms with Crippen LogP contribution in [0.3, 0.4) is 0 Å². The Morgan fingerprint density at radius 3 is 1.69 bits per heavy atom. The number of carbonyl (C=O) groups excluding carboxylic acids is 17. The molecule has 4 aliphatic heterocycles. The molecule has 0 spiro atoms. The van der Waals surface area contributed by atoms with Gasteiger partial charge >= 0.3 is 0 Å². The van der Waals surface area contributed by atoms with E-state index in [2.05, 4.69) is 68.5 Å². The van der Waals surface area contributed by atoms with E-state index in [1.807, 2.05) is 13.8 Å². The van der Waals surface area contributed by atoms with Crippen molar-refractivity contribution in [2.75, 3.05) is 71.2 Å². The number of benzene rings is 3. The lowest BCUT2D eigenvalue weighted by Crippen LogP contribution is -2.65. The second-order valence-corrected chi connectivity index (χ2v) is 34.8. The van der Waals surface area contributed by atoms with Crippen molar-refractivity contribution in [3.63, 3.8) is 0 Å². The van der Waals surface area contributed by atoms with Crippen LogP contribution in [0.15, 0.2) is 85.2 Å². The molecule has 0 radical (unpaired) electrons. The third kappa shape index (κ3) is 26.7. The smallest absolute Gasteiger partial charge is 0.246 e. The van der Waals surface area contributed by atoms with E-state index < -0.39 is 247 Å². The van der Waals surface area contributed by atoms with E-state index in [4.69, 9.17) is 34.1 Å². The van der Waals surface area contributed by atoms with Crippen LogP contribution in [0, 0.1) is 11.3 Å². The molecule has 6 heterocycles. The van der Waals surface area contributed by atoms with Crippen molar-refractivity contribution in [1.29, 1.82) is 5.41 Å². The van der Waals surface area contributed by atoms with Gasteiger partial charge in [-0.05, 0) is 98.7 Å². The first-order chi connectivity index (χ1) is 62.4. The van der Waals surface area contributed by atoms with Crippen molar-refractivity contribution in [2.45, 2.75) is 227 Å². The summed E-state index contributed by atoms with van der Waals surface area (Å²) in [5, 5.41) is 60.8. The van der Waals surface area contributed by atoms with Crippen LogP contribution in [0.25, 0.3) is 21.8 Å². The van der Waals surface area contributed by atoms with E-state index in [1.165, 1.54) is 28.1 Å². The van der Waals surface area contributed by atoms with E-state index >= 15 is 33.6 Å². The van der Waals surface area contributed by atoms with Crippen molar-refractivity contribution < 1.29 is 91.7 Å². The number of aromatic amines is 2. The number of amides is 17. The molecule has 2 aromatic heterocycles. The molecular weight excluding hydrogens is 1720 g/mol. The first-order valence-corrected chi connectivity index (χ1v) is 45.1. The number of aliphatic hydroxyl groups excluding tert-OH is 2. The van der Waals surface area contributed by atoms with Gasteiger partial charge in [0.25, 0.3) is 0 Å². The minimum Gasteiger partial charge on any atom is -0.399 e. The lowest BCUT2D eigenvalue weighted by atomic mass is 9.86. The largest absolute Gasteiger partial charge is 0.399 e. The Morgan fingerprint density at radius 2 is 1.08 bits per heavy atom. The van der Waals surface area contributed by atoms with Gasteiger partial charge in [-0.2, -0.15) is 0 Å². The number of thioether (sulfide) groups is 1. The lowest BCUT2D eigenvalue weighted by Gasteiger charge is -2.42. The molecule has 0 saturated carbocycles. The molecule has 4 aliphatic rings. The molecule has 43 nitrogen and oxygen atoms in total. The summed E-state index contributed by atoms with van der Waals surface area (Å²) in [6, 6.07) is -2.34. The highest BCUT2D eigenvalue weighted by Gasteiger charge is 2.55. The van der Waals surface area contributed by atoms with Gasteiger partial charge in [0, 0.05) is 112 Å². The van der Waals surface area contributed by atoms with E-state index in [-0.39, 0.29) is 83.7 Å². The van der Waals surface area contributed by atoms with Gasteiger partial charge in [0.1, 0.15) is 84.6 Å². The molecule has 5 aromatic rings. The van der Waals surface area contributed by atoms with Gasteiger partial charge in [0.05, 0.1) is 37.5 Å². The average molecular weight is 1840 g/mol. The number of aliphatic hydroxyl groups is 2. The number of carbonyl (C=O) groups is 17. The number of anilines is 1. The standard InChI is InChI=1S/C87H124N24O19S/c1-8-10-23-64-79(123)99-55(22-16-30-94-87(92)93)75(119)106-63(74(118)97-41-70(91)115)43-131-44-71(116)98-58(33-47-26-28-50(89)29-27-47)82(126)107(5)46(4)73(117)101-60(36-69(90)114)84(128)110-31-17-25-65(110)80(124)104-61(38-88)77(121)102-57-32-45(3)72-68(113)37-67(111(72)85(57)129)81(125)100-56(34-48-39-95-53-20-14-12-18-51(48)53)76(120)105-62(42-112)78(122)103-59(35-49-40-96-54-21-15-13-19-52(49)54)83(127)109(7)66(24-11-9-2)86(130)108(64)6/h12-15,18-21,26-29,39-40,45-46,55-68,72,95-96,112-113H,8-11,16-17,22-25,30-38,41-44,88-89H2,1-7H3,(H2,90,114)(H2,91,115)(H,97,118)(H,98,116)(H,99,123)(H,100,125)(H,101,117)(H,102,121)(H,103,122)(H,104,124)(H,105,120)(H,106,119)(H4,92,93,94)/t45?,46-,55-,56-,57-,58-,59-,60-,61-,62-,63-,64-,65-,66-,67?,68+,72?/m0/s1. The SMILES string of the molecule is CCCC[C@H]1C(=O)N(C)[C@@H](CCCC)C(=O)N[C@@H](CCCNC(=N)N)C(=O)N[C@H](C(=O)NCC(N)=O)CSCC(=O)N[C@@H](Cc2ccc(N)cc2)C(=O)N(C)[C@@H](C)C(=O)N[C@@H](CC(N)=O)C(=O)N2CCC[C@H]2C(=O)N[C@@H](CN)C(=O)N[C@H]2CC(C)C3[C@H](O)CC(C(=O)N[C@@H](Cc4c[nH]c5ccccc45)C(=O)N[C@@H](CO)C(=O)N[C@@H](Cc4c[nH]c5ccccc45)C(=O)N1C)N3C2=O. The quantitative estimate of drug-likeness (QED) is 0.0126. The van der Waals surface area contributed by atoms with Crippen molar-refractivity contribution in [1.82, 2.24) is 93.0 Å². The number of unbranched alkanes of at least 4 members (excludes halogenated alkanes) is 2. The molecule has 44 heteroatoms. The molecule has 2 bridgehead atoms. The third-order valence-electron chi connectivity index (χ3n) is 24.3. The highest BCUT2D eigenvalue weighted by Crippen LogP contribution is 2.37. The lowest BCUT2D eigenvalue weighted by molar-refractivity contribution is -0.150. The van der Waals surface area contributed by atoms with Crippen LogP contribution in [0.4, 0.5) is 5.69 Å². The summed E-state index contributed by atoms with van der Waals surface area (Å²) in [7, 11) is 3.92. The number of aromatic nitrogens is 2. The number of nitrogen functional groups attached to an aromatic ring is 1. The summed E-state index contributed by atoms with van der Waals surface area (Å²) in [6.45, 7) is 4.13. The van der Waals surface area contributed by atoms with Crippen molar-refractivity contribution in [3.05, 3.63) is 102 Å². The van der Waals surface area contributed by atoms with E-state index in [0.717, 1.165) is 36.3 Å². The molecule has 4 saturated heterocycles. The summed E-state index contributed by atoms with van der Waals surface area (Å²) in [5.41, 5.74) is 32.0. The number of fused-ring (bicyclic) bond motifs is 4. The number of guanidine groups is 1. The first-order valence-electron chi connectivity index (χ1n) is 44.0. The summed E-state index contributed by atoms with van der Waals surface area (Å²) in [5.74, 6) is -18.0. The Morgan fingerprint density at radius 1 is 0.542 bits per heavy atom. The van der Waals surface area contributed by atoms with Crippen LogP contribution in [-0.2, 0) is 101 Å². The van der Waals surface area contributed by atoms with Gasteiger partial charge in [-0.15, -0.1) is 11.8 Å². The maximum Gasteiger partial charge on any atom is 0.246 e. The summed E-state index contributed by atoms with van der Waals surface area (Å²) >= 11 is 0.776. The topological polar surface area (TPSA) is 665 Å². The summed E-state index contributed by atoms with van der Waals surface area (Å²) in [6.07, 6.45) is 1.47. The Bertz CT molecular complexity index is 4990. The first kappa shape index (κ1) is 102. The molecule has 26 N–H and O–H groups in total. The van der Waals surface area contributed by atoms with E-state index in [1.54, 1.807) is 92.1 Å². The number of para-hydroxylation sites is 2. The van der Waals surface area contributed by atoms with Crippen molar-refractivity contribution in [3.8, 4) is 0 Å². The minimum atomic E-state index is -1.88. The van der Waals surface area contributed by atoms with Crippen LogP contribution >= 0.6 is 11.8 Å². The fourth-order valence-electron chi connectivity index (χ4n) is 17.0. The number of primary amides is 2. The number of H-pyrrole nitrogens is 2. The van der Waals surface area contributed by atoms with Crippen LogP contribution < -0.4 is 87.2 Å². The van der Waals surface area contributed by atoms with Crippen LogP contribution in [0.1, 0.15) is 128 Å². The molecule has 17 amide bonds. The maximum atomic E-state index is 15.7. The predicted molar refractivity (Wildman–Crippen MR) is 483 cm³/mol. The average Bonchev–Trinajstić information content (AvgIpc) is 1.61. The number of hydrogen-bond acceptors (Lipinski definition) is 23. The zero-order chi connectivity index (χ0) is 95.8. The number of hydrogen-bond donors (Lipinski definition) is 21. The van der Waals surface area contributed by atoms with Crippen LogP contribution in [0.2, 0.25) is 0 Å². The van der Waals surface area contributed by atoms with Gasteiger partial charge in [-0.3, -0.25) is 86.9 Å². The molecule has 9 rings (SSSR count). The number of nitrogens with two attached hydrogens (primary N) is 5. The van der Waals surface area contributed by atoms with Crippen LogP contribution in [-0.4, -0.2) is 313 Å². The number of piperidine rings is 1. The van der Waals surface area contributed by atoms with Gasteiger partial charge in [0.2, 0.25) is 100 Å². The number of likely N-dealkylation sites (N-methyl/N-ethyl adjacent to an activating group) is 3. The predicted octanol–water partition coefficient (Wildman–Crippen LogP) is -4.70. The normalized spacial score (nSPS) is 26.6. The number of rotatable bonds is 23. The maximum absolute atomic E-state index is 15.7. The molecule has 712 valence electrons. The highest BCUT2D eigenvalue weighted by molar-refractivity contribution is 8.00. The Balaban J connectivity index is 1.08. The van der Waals surface area contributed by atoms with Crippen molar-refractivity contribution in [2.24, 2.45) is 28.9 Å². The molecule has 131 heavy (non-hydrogen) atoms. The molecule has 17 atom stereocenters.